The largest absolute Gasteiger partial charge is 0.327 e. The quantitative estimate of drug-likeness (QED) is 0.684. The fourth-order valence-electron chi connectivity index (χ4n) is 2.47. The zero-order valence-electron chi connectivity index (χ0n) is 12.4. The molecule has 0 aliphatic carbocycles. The van der Waals surface area contributed by atoms with Crippen LogP contribution in [0.3, 0.4) is 0 Å². The number of likely N-dealkylation sites (tertiary alicyclic amines) is 1. The van der Waals surface area contributed by atoms with Crippen molar-refractivity contribution in [3.8, 4) is 0 Å². The van der Waals surface area contributed by atoms with Crippen molar-refractivity contribution in [2.45, 2.75) is 25.3 Å². The van der Waals surface area contributed by atoms with Crippen molar-refractivity contribution >= 4 is 29.5 Å². The Hall–Kier alpha value is -1.85. The molecule has 1 unspecified atom stereocenters. The maximum absolute atomic E-state index is 12.3. The van der Waals surface area contributed by atoms with Gasteiger partial charge in [-0.05, 0) is 43.0 Å². The maximum Gasteiger partial charge on any atom is 0.266 e. The Morgan fingerprint density at radius 2 is 2.05 bits per heavy atom. The van der Waals surface area contributed by atoms with Gasteiger partial charge in [-0.1, -0.05) is 23.7 Å². The van der Waals surface area contributed by atoms with Crippen LogP contribution in [0.25, 0.3) is 6.08 Å². The Balaban J connectivity index is 2.05. The molecule has 1 aliphatic rings. The summed E-state index contributed by atoms with van der Waals surface area (Å²) in [6, 6.07) is 6.72. The molecule has 1 saturated heterocycles. The Morgan fingerprint density at radius 1 is 1.32 bits per heavy atom. The summed E-state index contributed by atoms with van der Waals surface area (Å²) in [5, 5.41) is 0.649. The number of benzene rings is 1. The molecule has 0 saturated carbocycles. The molecular formula is C16H19ClN2O3. The number of carbonyl (C=O) groups is 2. The Kier molecular flexibility index (Phi) is 5.98. The molecule has 1 atom stereocenters. The Morgan fingerprint density at radius 3 is 2.73 bits per heavy atom. The molecule has 0 spiro atoms. The van der Waals surface area contributed by atoms with Crippen LogP contribution in [0.15, 0.2) is 30.3 Å². The third kappa shape index (κ3) is 4.32. The van der Waals surface area contributed by atoms with Crippen LogP contribution in [0.4, 0.5) is 0 Å². The van der Waals surface area contributed by atoms with Crippen molar-refractivity contribution in [3.63, 3.8) is 0 Å². The summed E-state index contributed by atoms with van der Waals surface area (Å²) in [7, 11) is 1.38. The normalized spacial score (nSPS) is 18.5. The first-order chi connectivity index (χ1) is 10.6. The summed E-state index contributed by atoms with van der Waals surface area (Å²) in [6.45, 7) is 0.575. The first kappa shape index (κ1) is 16.5. The Labute approximate surface area is 134 Å². The number of amides is 2. The van der Waals surface area contributed by atoms with Crippen molar-refractivity contribution in [2.75, 3.05) is 13.7 Å². The van der Waals surface area contributed by atoms with E-state index in [-0.39, 0.29) is 11.8 Å². The van der Waals surface area contributed by atoms with Crippen LogP contribution in [0.2, 0.25) is 5.02 Å². The minimum atomic E-state index is -0.476. The van der Waals surface area contributed by atoms with Crippen LogP contribution < -0.4 is 5.48 Å². The van der Waals surface area contributed by atoms with Gasteiger partial charge >= 0.3 is 0 Å². The number of halogens is 1. The molecule has 5 nitrogen and oxygen atoms in total. The van der Waals surface area contributed by atoms with Crippen molar-refractivity contribution in [2.24, 2.45) is 0 Å². The Bertz CT molecular complexity index is 557. The van der Waals surface area contributed by atoms with E-state index in [4.69, 9.17) is 11.6 Å². The molecule has 1 heterocycles. The molecule has 1 aliphatic heterocycles. The lowest BCUT2D eigenvalue weighted by Gasteiger charge is -2.33. The second kappa shape index (κ2) is 7.96. The van der Waals surface area contributed by atoms with Gasteiger partial charge in [0.1, 0.15) is 6.04 Å². The molecule has 6 heteroatoms. The van der Waals surface area contributed by atoms with E-state index in [1.807, 2.05) is 12.1 Å². The standard InChI is InChI=1S/C16H19ClN2O3/c1-22-18-16(21)14-4-2-3-11-19(14)15(20)10-7-12-5-8-13(17)9-6-12/h5-10,14H,2-4,11H2,1H3,(H,18,21)/b10-7+. The van der Waals surface area contributed by atoms with Gasteiger partial charge in [0, 0.05) is 17.6 Å². The monoisotopic (exact) mass is 322 g/mol. The van der Waals surface area contributed by atoms with Crippen molar-refractivity contribution in [1.29, 1.82) is 0 Å². The van der Waals surface area contributed by atoms with E-state index in [9.17, 15) is 9.59 Å². The predicted molar refractivity (Wildman–Crippen MR) is 85.0 cm³/mol. The van der Waals surface area contributed by atoms with Crippen LogP contribution in [0.5, 0.6) is 0 Å². The molecule has 1 aromatic carbocycles. The van der Waals surface area contributed by atoms with Gasteiger partial charge in [-0.2, -0.15) is 0 Å². The van der Waals surface area contributed by atoms with Crippen LogP contribution in [-0.2, 0) is 14.4 Å². The molecule has 0 radical (unpaired) electrons. The van der Waals surface area contributed by atoms with Crippen LogP contribution in [-0.4, -0.2) is 36.4 Å². The van der Waals surface area contributed by atoms with Crippen molar-refractivity contribution < 1.29 is 14.4 Å². The first-order valence-corrected chi connectivity index (χ1v) is 7.56. The van der Waals surface area contributed by atoms with Crippen molar-refractivity contribution in [3.05, 3.63) is 40.9 Å². The molecule has 0 aromatic heterocycles. The van der Waals surface area contributed by atoms with E-state index in [1.165, 1.54) is 13.2 Å². The molecular weight excluding hydrogens is 304 g/mol. The smallest absolute Gasteiger partial charge is 0.266 e. The highest BCUT2D eigenvalue weighted by Gasteiger charge is 2.31. The van der Waals surface area contributed by atoms with E-state index >= 15 is 0 Å². The molecule has 2 rings (SSSR count). The van der Waals surface area contributed by atoms with Crippen LogP contribution in [0.1, 0.15) is 24.8 Å². The lowest BCUT2D eigenvalue weighted by Crippen LogP contribution is -2.51. The minimum Gasteiger partial charge on any atom is -0.327 e. The van der Waals surface area contributed by atoms with E-state index in [2.05, 4.69) is 10.3 Å². The summed E-state index contributed by atoms with van der Waals surface area (Å²) < 4.78 is 0. The van der Waals surface area contributed by atoms with Gasteiger partial charge in [-0.3, -0.25) is 14.4 Å². The molecule has 1 aromatic rings. The summed E-state index contributed by atoms with van der Waals surface area (Å²) in [5.74, 6) is -0.457. The van der Waals surface area contributed by atoms with Crippen molar-refractivity contribution in [1.82, 2.24) is 10.4 Å². The number of hydrogen-bond acceptors (Lipinski definition) is 3. The third-order valence-corrected chi connectivity index (χ3v) is 3.83. The van der Waals surface area contributed by atoms with Crippen LogP contribution >= 0.6 is 11.6 Å². The maximum atomic E-state index is 12.3. The first-order valence-electron chi connectivity index (χ1n) is 7.19. The fraction of sp³-hybridized carbons (Fsp3) is 0.375. The zero-order chi connectivity index (χ0) is 15.9. The molecule has 1 N–H and O–H groups in total. The van der Waals surface area contributed by atoms with E-state index in [1.54, 1.807) is 23.1 Å². The topological polar surface area (TPSA) is 58.6 Å². The molecule has 22 heavy (non-hydrogen) atoms. The number of hydrogen-bond donors (Lipinski definition) is 1. The van der Waals surface area contributed by atoms with E-state index in [0.717, 1.165) is 18.4 Å². The predicted octanol–water partition coefficient (Wildman–Crippen LogP) is 2.41. The fourth-order valence-corrected chi connectivity index (χ4v) is 2.60. The minimum absolute atomic E-state index is 0.175. The molecule has 1 fully saturated rings. The van der Waals surface area contributed by atoms with Gasteiger partial charge in [0.2, 0.25) is 5.91 Å². The SMILES string of the molecule is CONC(=O)C1CCCCN1C(=O)/C=C/c1ccc(Cl)cc1. The summed E-state index contributed by atoms with van der Waals surface area (Å²) in [5.41, 5.74) is 3.19. The van der Waals surface area contributed by atoms with E-state index < -0.39 is 6.04 Å². The average molecular weight is 323 g/mol. The number of rotatable bonds is 4. The average Bonchev–Trinajstić information content (AvgIpc) is 2.54. The third-order valence-electron chi connectivity index (χ3n) is 3.58. The zero-order valence-corrected chi connectivity index (χ0v) is 13.2. The van der Waals surface area contributed by atoms with Gasteiger partial charge in [0.15, 0.2) is 0 Å². The second-order valence-electron chi connectivity index (χ2n) is 5.10. The highest BCUT2D eigenvalue weighted by Crippen LogP contribution is 2.18. The number of carbonyl (C=O) groups excluding carboxylic acids is 2. The lowest BCUT2D eigenvalue weighted by molar-refractivity contribution is -0.145. The van der Waals surface area contributed by atoms with E-state index in [0.29, 0.717) is 18.0 Å². The highest BCUT2D eigenvalue weighted by molar-refractivity contribution is 6.30. The highest BCUT2D eigenvalue weighted by atomic mass is 35.5. The van der Waals surface area contributed by atoms with Gasteiger partial charge in [0.25, 0.3) is 5.91 Å². The summed E-state index contributed by atoms with van der Waals surface area (Å²) >= 11 is 5.82. The number of nitrogens with zero attached hydrogens (tertiary/aromatic N) is 1. The molecule has 118 valence electrons. The number of hydroxylamine groups is 1. The van der Waals surface area contributed by atoms with Gasteiger partial charge < -0.3 is 4.90 Å². The molecule has 0 bridgehead atoms. The number of nitrogens with one attached hydrogen (secondary N) is 1. The van der Waals surface area contributed by atoms with Gasteiger partial charge in [-0.15, -0.1) is 0 Å². The van der Waals surface area contributed by atoms with Gasteiger partial charge in [-0.25, -0.2) is 5.48 Å². The summed E-state index contributed by atoms with van der Waals surface area (Å²) in [6.07, 6.45) is 5.68. The summed E-state index contributed by atoms with van der Waals surface area (Å²) in [4.78, 5) is 30.6. The second-order valence-corrected chi connectivity index (χ2v) is 5.53. The van der Waals surface area contributed by atoms with Gasteiger partial charge in [0.05, 0.1) is 7.11 Å². The van der Waals surface area contributed by atoms with Crippen LogP contribution in [0, 0.1) is 0 Å². The lowest BCUT2D eigenvalue weighted by atomic mass is 10.0. The number of piperidine rings is 1. The molecule has 2 amide bonds.